The molecule has 1 aliphatic rings. The highest BCUT2D eigenvalue weighted by Crippen LogP contribution is 2.45. The minimum atomic E-state index is -4.80. The zero-order valence-electron chi connectivity index (χ0n) is 20.9. The second-order valence-corrected chi connectivity index (χ2v) is 9.19. The molecule has 0 atom stereocenters. The molecular weight excluding hydrogens is 489 g/mol. The number of aromatic nitrogens is 1. The molecular formula is C31H27F3N2O2. The fourth-order valence-electron chi connectivity index (χ4n) is 5.41. The quantitative estimate of drug-likeness (QED) is 0.213. The summed E-state index contributed by atoms with van der Waals surface area (Å²) in [5.41, 5.74) is 1.42. The first-order chi connectivity index (χ1) is 18.4. The molecule has 0 radical (unpaired) electrons. The summed E-state index contributed by atoms with van der Waals surface area (Å²) >= 11 is 0. The Morgan fingerprint density at radius 1 is 0.868 bits per heavy atom. The predicted molar refractivity (Wildman–Crippen MR) is 139 cm³/mol. The van der Waals surface area contributed by atoms with Gasteiger partial charge in [0.2, 0.25) is 0 Å². The molecule has 4 nitrogen and oxygen atoms in total. The van der Waals surface area contributed by atoms with Crippen molar-refractivity contribution >= 4 is 5.97 Å². The zero-order valence-corrected chi connectivity index (χ0v) is 20.9. The fraction of sp³-hybridized carbons (Fsp3) is 0.226. The Kier molecular flexibility index (Phi) is 7.04. The van der Waals surface area contributed by atoms with Crippen LogP contribution in [-0.2, 0) is 29.4 Å². The lowest BCUT2D eigenvalue weighted by molar-refractivity contribution is -0.142. The molecule has 0 amide bonds. The summed E-state index contributed by atoms with van der Waals surface area (Å²) in [5.74, 6) is -1.01. The first-order valence-electron chi connectivity index (χ1n) is 12.5. The van der Waals surface area contributed by atoms with Gasteiger partial charge in [-0.3, -0.25) is 4.90 Å². The molecule has 0 bridgehead atoms. The van der Waals surface area contributed by atoms with Crippen LogP contribution in [0.4, 0.5) is 13.2 Å². The van der Waals surface area contributed by atoms with E-state index in [1.54, 1.807) is 6.92 Å². The number of carbonyl (C=O) groups is 1. The maximum absolute atomic E-state index is 14.1. The van der Waals surface area contributed by atoms with Crippen LogP contribution in [0.3, 0.4) is 0 Å². The zero-order chi connectivity index (χ0) is 26.8. The van der Waals surface area contributed by atoms with Crippen molar-refractivity contribution in [3.05, 3.63) is 136 Å². The van der Waals surface area contributed by atoms with Crippen molar-refractivity contribution in [3.63, 3.8) is 0 Å². The van der Waals surface area contributed by atoms with E-state index in [4.69, 9.17) is 4.74 Å². The van der Waals surface area contributed by atoms with E-state index in [2.05, 4.69) is 9.88 Å². The Morgan fingerprint density at radius 3 is 1.82 bits per heavy atom. The molecule has 1 aromatic heterocycles. The van der Waals surface area contributed by atoms with Crippen molar-refractivity contribution in [2.75, 3.05) is 13.2 Å². The van der Waals surface area contributed by atoms with Gasteiger partial charge in [0.1, 0.15) is 0 Å². The van der Waals surface area contributed by atoms with Crippen molar-refractivity contribution in [1.29, 1.82) is 0 Å². The van der Waals surface area contributed by atoms with Gasteiger partial charge in [-0.05, 0) is 41.7 Å². The molecule has 1 aliphatic heterocycles. The number of fused-ring (bicyclic) bond motifs is 1. The highest BCUT2D eigenvalue weighted by molar-refractivity contribution is 5.91. The Balaban J connectivity index is 1.70. The summed E-state index contributed by atoms with van der Waals surface area (Å²) in [5, 5.41) is 0. The third kappa shape index (κ3) is 4.58. The lowest BCUT2D eigenvalue weighted by Crippen LogP contribution is -2.50. The van der Waals surface area contributed by atoms with E-state index in [-0.39, 0.29) is 13.2 Å². The van der Waals surface area contributed by atoms with Crippen molar-refractivity contribution in [2.45, 2.75) is 31.6 Å². The molecule has 0 fully saturated rings. The Morgan fingerprint density at radius 2 is 1.37 bits per heavy atom. The van der Waals surface area contributed by atoms with Gasteiger partial charge in [-0.15, -0.1) is 0 Å². The van der Waals surface area contributed by atoms with Crippen LogP contribution in [-0.4, -0.2) is 29.0 Å². The van der Waals surface area contributed by atoms with Crippen LogP contribution in [0.25, 0.3) is 0 Å². The van der Waals surface area contributed by atoms with E-state index in [0.717, 1.165) is 16.7 Å². The average Bonchev–Trinajstić information content (AvgIpc) is 2.94. The van der Waals surface area contributed by atoms with Gasteiger partial charge in [-0.25, -0.2) is 9.78 Å². The molecule has 0 N–H and O–H groups in total. The summed E-state index contributed by atoms with van der Waals surface area (Å²) in [6, 6.07) is 31.3. The molecule has 0 unspecified atom stereocenters. The van der Waals surface area contributed by atoms with Gasteiger partial charge < -0.3 is 4.74 Å². The summed E-state index contributed by atoms with van der Waals surface area (Å²) in [6.07, 6.45) is -4.37. The molecule has 194 valence electrons. The molecule has 0 spiro atoms. The second-order valence-electron chi connectivity index (χ2n) is 9.19. The first-order valence-corrected chi connectivity index (χ1v) is 12.5. The van der Waals surface area contributed by atoms with Crippen LogP contribution in [0, 0.1) is 0 Å². The van der Waals surface area contributed by atoms with E-state index in [9.17, 15) is 18.0 Å². The number of hydrogen-bond acceptors (Lipinski definition) is 4. The Hall–Kier alpha value is -3.97. The van der Waals surface area contributed by atoms with Crippen molar-refractivity contribution in [1.82, 2.24) is 9.88 Å². The number of benzene rings is 3. The number of alkyl halides is 3. The van der Waals surface area contributed by atoms with Crippen LogP contribution in [0.2, 0.25) is 0 Å². The molecule has 7 heteroatoms. The van der Waals surface area contributed by atoms with E-state index in [1.165, 1.54) is 6.07 Å². The molecule has 3 aromatic carbocycles. The van der Waals surface area contributed by atoms with Gasteiger partial charge in [0, 0.05) is 13.1 Å². The molecule has 4 aromatic rings. The number of ether oxygens (including phenoxy) is 1. The number of pyridine rings is 1. The van der Waals surface area contributed by atoms with Gasteiger partial charge in [-0.1, -0.05) is 91.0 Å². The fourth-order valence-corrected chi connectivity index (χ4v) is 5.41. The number of rotatable bonds is 6. The summed E-state index contributed by atoms with van der Waals surface area (Å²) < 4.78 is 47.1. The standard InChI is InChI=1S/C31H27F3N2O2/c1-2-38-29(37)26-20-22-18-19-36(21-27(22)35-28(26)31(32,33)34)30(23-12-6-3-7-13-23,24-14-8-4-9-15-24)25-16-10-5-11-17-25/h3-17,20H,2,18-19,21H2,1H3. The number of halogens is 3. The molecule has 38 heavy (non-hydrogen) atoms. The minimum absolute atomic E-state index is 0.0191. The Labute approximate surface area is 219 Å². The summed E-state index contributed by atoms with van der Waals surface area (Å²) in [7, 11) is 0. The molecule has 0 saturated heterocycles. The lowest BCUT2D eigenvalue weighted by Gasteiger charge is -2.47. The van der Waals surface area contributed by atoms with E-state index in [0.29, 0.717) is 24.2 Å². The highest BCUT2D eigenvalue weighted by atomic mass is 19.4. The maximum atomic E-state index is 14.1. The van der Waals surface area contributed by atoms with Crippen molar-refractivity contribution < 1.29 is 22.7 Å². The molecule has 0 saturated carbocycles. The van der Waals surface area contributed by atoms with E-state index >= 15 is 0 Å². The van der Waals surface area contributed by atoms with Crippen molar-refractivity contribution in [3.8, 4) is 0 Å². The van der Waals surface area contributed by atoms with Gasteiger partial charge in [0.05, 0.1) is 23.4 Å². The Bertz CT molecular complexity index is 1310. The molecule has 2 heterocycles. The maximum Gasteiger partial charge on any atom is 0.434 e. The van der Waals surface area contributed by atoms with Gasteiger partial charge in [-0.2, -0.15) is 13.2 Å². The third-order valence-electron chi connectivity index (χ3n) is 7.00. The average molecular weight is 517 g/mol. The lowest BCUT2D eigenvalue weighted by atomic mass is 9.74. The van der Waals surface area contributed by atoms with Crippen LogP contribution >= 0.6 is 0 Å². The number of esters is 1. The largest absolute Gasteiger partial charge is 0.462 e. The van der Waals surface area contributed by atoms with Crippen LogP contribution in [0.5, 0.6) is 0 Å². The molecule has 5 rings (SSSR count). The summed E-state index contributed by atoms with van der Waals surface area (Å²) in [4.78, 5) is 18.7. The van der Waals surface area contributed by atoms with Crippen molar-refractivity contribution in [2.24, 2.45) is 0 Å². The van der Waals surface area contributed by atoms with Gasteiger partial charge >= 0.3 is 12.1 Å². The molecule has 0 aliphatic carbocycles. The van der Waals surface area contributed by atoms with E-state index < -0.39 is 28.9 Å². The number of hydrogen-bond donors (Lipinski definition) is 0. The van der Waals surface area contributed by atoms with Crippen LogP contribution in [0.15, 0.2) is 97.1 Å². The normalized spacial score (nSPS) is 14.1. The monoisotopic (exact) mass is 516 g/mol. The predicted octanol–water partition coefficient (Wildman–Crippen LogP) is 6.63. The summed E-state index contributed by atoms with van der Waals surface area (Å²) in [6.45, 7) is 2.25. The number of carbonyl (C=O) groups excluding carboxylic acids is 1. The smallest absolute Gasteiger partial charge is 0.434 e. The minimum Gasteiger partial charge on any atom is -0.462 e. The highest BCUT2D eigenvalue weighted by Gasteiger charge is 2.45. The van der Waals surface area contributed by atoms with Crippen LogP contribution in [0.1, 0.15) is 50.9 Å². The second kappa shape index (κ2) is 10.4. The van der Waals surface area contributed by atoms with Crippen LogP contribution < -0.4 is 0 Å². The topological polar surface area (TPSA) is 42.4 Å². The third-order valence-corrected chi connectivity index (χ3v) is 7.00. The van der Waals surface area contributed by atoms with Gasteiger partial charge in [0.15, 0.2) is 5.69 Å². The van der Waals surface area contributed by atoms with Gasteiger partial charge in [0.25, 0.3) is 0 Å². The number of nitrogens with zero attached hydrogens (tertiary/aromatic N) is 2. The van der Waals surface area contributed by atoms with E-state index in [1.807, 2.05) is 91.0 Å². The first kappa shape index (κ1) is 25.7. The SMILES string of the molecule is CCOC(=O)c1cc2c(nc1C(F)(F)F)CN(C(c1ccccc1)(c1ccccc1)c1ccccc1)CC2.